The topological polar surface area (TPSA) is 36.4 Å². The number of hydrogen-bond acceptors (Lipinski definition) is 3. The van der Waals surface area contributed by atoms with E-state index in [1.165, 1.54) is 12.8 Å². The lowest BCUT2D eigenvalue weighted by Gasteiger charge is -2.20. The van der Waals surface area contributed by atoms with Gasteiger partial charge in [0.25, 0.3) is 5.91 Å². The molecule has 1 aromatic rings. The molecule has 0 spiro atoms. The summed E-state index contributed by atoms with van der Waals surface area (Å²) in [6.45, 7) is 10.4. The second-order valence-electron chi connectivity index (χ2n) is 4.86. The summed E-state index contributed by atoms with van der Waals surface area (Å²) in [7, 11) is 0. The third-order valence-electron chi connectivity index (χ3n) is 3.37. The summed E-state index contributed by atoms with van der Waals surface area (Å²) < 4.78 is 0. The second-order valence-corrected chi connectivity index (χ2v) is 4.86. The number of carbonyl (C=O) groups is 1. The molecule has 0 atom stereocenters. The van der Waals surface area contributed by atoms with Gasteiger partial charge in [-0.05, 0) is 25.0 Å². The van der Waals surface area contributed by atoms with Crippen LogP contribution in [0.2, 0.25) is 0 Å². The first kappa shape index (κ1) is 14.3. The van der Waals surface area contributed by atoms with E-state index in [1.807, 2.05) is 12.1 Å². The van der Waals surface area contributed by atoms with Crippen molar-refractivity contribution < 1.29 is 4.79 Å². The van der Waals surface area contributed by atoms with Gasteiger partial charge in [-0.3, -0.25) is 4.79 Å². The third-order valence-corrected chi connectivity index (χ3v) is 3.37. The number of rotatable bonds is 6. The molecular formula is C16H21N3O. The average molecular weight is 271 g/mol. The predicted octanol–water partition coefficient (Wildman–Crippen LogP) is 2.50. The van der Waals surface area contributed by atoms with E-state index < -0.39 is 0 Å². The Morgan fingerprint density at radius 3 is 2.50 bits per heavy atom. The number of amides is 1. The molecule has 1 amide bonds. The molecule has 0 radical (unpaired) electrons. The molecule has 2 rings (SSSR count). The van der Waals surface area contributed by atoms with E-state index in [0.717, 1.165) is 18.9 Å². The van der Waals surface area contributed by atoms with Gasteiger partial charge in [0, 0.05) is 26.2 Å². The molecule has 0 aliphatic carbocycles. The van der Waals surface area contributed by atoms with E-state index in [4.69, 9.17) is 0 Å². The van der Waals surface area contributed by atoms with E-state index in [1.54, 1.807) is 23.1 Å². The van der Waals surface area contributed by atoms with Crippen molar-refractivity contribution in [2.45, 2.75) is 12.8 Å². The van der Waals surface area contributed by atoms with Crippen molar-refractivity contribution in [1.29, 1.82) is 0 Å². The van der Waals surface area contributed by atoms with Crippen molar-refractivity contribution in [3.8, 4) is 0 Å². The Morgan fingerprint density at radius 2 is 1.90 bits per heavy atom. The van der Waals surface area contributed by atoms with Gasteiger partial charge in [0.1, 0.15) is 11.5 Å². The molecule has 106 valence electrons. The summed E-state index contributed by atoms with van der Waals surface area (Å²) in [6, 6.07) is 5.63. The molecule has 1 aromatic heterocycles. The van der Waals surface area contributed by atoms with E-state index in [-0.39, 0.29) is 5.91 Å². The van der Waals surface area contributed by atoms with Crippen molar-refractivity contribution in [3.05, 3.63) is 49.2 Å². The minimum Gasteiger partial charge on any atom is -0.357 e. The van der Waals surface area contributed by atoms with E-state index in [2.05, 4.69) is 23.0 Å². The minimum absolute atomic E-state index is 0.0779. The number of hydrogen-bond donors (Lipinski definition) is 0. The number of carbonyl (C=O) groups excluding carboxylic acids is 1. The molecule has 0 saturated carbocycles. The van der Waals surface area contributed by atoms with Crippen LogP contribution in [0.25, 0.3) is 0 Å². The Balaban J connectivity index is 2.17. The molecule has 0 bridgehead atoms. The first-order valence-corrected chi connectivity index (χ1v) is 6.99. The second kappa shape index (κ2) is 6.89. The van der Waals surface area contributed by atoms with Crippen LogP contribution < -0.4 is 4.90 Å². The standard InChI is InChI=1S/C16H21N3O/c1-3-10-19(11-4-2)16(20)14-8-7-9-15(17-14)18-12-5-6-13-18/h3-4,7-9H,1-2,5-6,10-13H2. The van der Waals surface area contributed by atoms with Crippen LogP contribution in [0.1, 0.15) is 23.3 Å². The van der Waals surface area contributed by atoms with Gasteiger partial charge >= 0.3 is 0 Å². The summed E-state index contributed by atoms with van der Waals surface area (Å²) in [4.78, 5) is 20.8. The molecule has 0 N–H and O–H groups in total. The Labute approximate surface area is 120 Å². The predicted molar refractivity (Wildman–Crippen MR) is 82.0 cm³/mol. The maximum atomic E-state index is 12.4. The van der Waals surface area contributed by atoms with Crippen molar-refractivity contribution in [2.24, 2.45) is 0 Å². The third kappa shape index (κ3) is 3.26. The molecule has 1 fully saturated rings. The molecule has 1 aliphatic rings. The molecule has 20 heavy (non-hydrogen) atoms. The van der Waals surface area contributed by atoms with Gasteiger partial charge < -0.3 is 9.80 Å². The lowest BCUT2D eigenvalue weighted by atomic mass is 10.3. The Hall–Kier alpha value is -2.10. The fraction of sp³-hybridized carbons (Fsp3) is 0.375. The molecule has 4 heteroatoms. The number of anilines is 1. The van der Waals surface area contributed by atoms with Gasteiger partial charge in [-0.25, -0.2) is 4.98 Å². The number of pyridine rings is 1. The van der Waals surface area contributed by atoms with Gasteiger partial charge in [-0.15, -0.1) is 13.2 Å². The zero-order chi connectivity index (χ0) is 14.4. The average Bonchev–Trinajstić information content (AvgIpc) is 3.01. The summed E-state index contributed by atoms with van der Waals surface area (Å²) in [6.07, 6.45) is 5.81. The van der Waals surface area contributed by atoms with Crippen LogP contribution in [0, 0.1) is 0 Å². The smallest absolute Gasteiger partial charge is 0.273 e. The quantitative estimate of drug-likeness (QED) is 0.746. The lowest BCUT2D eigenvalue weighted by molar-refractivity contribution is 0.0785. The highest BCUT2D eigenvalue weighted by Crippen LogP contribution is 2.18. The zero-order valence-corrected chi connectivity index (χ0v) is 11.8. The Morgan fingerprint density at radius 1 is 1.25 bits per heavy atom. The molecule has 1 saturated heterocycles. The van der Waals surface area contributed by atoms with Crippen LogP contribution in [-0.2, 0) is 0 Å². The molecule has 1 aliphatic heterocycles. The largest absolute Gasteiger partial charge is 0.357 e. The van der Waals surface area contributed by atoms with Crippen LogP contribution >= 0.6 is 0 Å². The highest BCUT2D eigenvalue weighted by molar-refractivity contribution is 5.92. The monoisotopic (exact) mass is 271 g/mol. The fourth-order valence-corrected chi connectivity index (χ4v) is 2.38. The summed E-state index contributed by atoms with van der Waals surface area (Å²) in [5.41, 5.74) is 0.484. The SMILES string of the molecule is C=CCN(CC=C)C(=O)c1cccc(N2CCCC2)n1. The van der Waals surface area contributed by atoms with Gasteiger partial charge in [0.15, 0.2) is 0 Å². The van der Waals surface area contributed by atoms with Crippen molar-refractivity contribution in [3.63, 3.8) is 0 Å². The number of nitrogens with zero attached hydrogens (tertiary/aromatic N) is 3. The van der Waals surface area contributed by atoms with E-state index >= 15 is 0 Å². The maximum absolute atomic E-state index is 12.4. The Bertz CT molecular complexity index is 482. The highest BCUT2D eigenvalue weighted by atomic mass is 16.2. The van der Waals surface area contributed by atoms with Crippen molar-refractivity contribution >= 4 is 11.7 Å². The van der Waals surface area contributed by atoms with Gasteiger partial charge in [0.2, 0.25) is 0 Å². The summed E-state index contributed by atoms with van der Waals surface area (Å²) in [5, 5.41) is 0. The summed E-state index contributed by atoms with van der Waals surface area (Å²) >= 11 is 0. The van der Waals surface area contributed by atoms with Crippen LogP contribution in [0.4, 0.5) is 5.82 Å². The molecule has 2 heterocycles. The van der Waals surface area contributed by atoms with Gasteiger partial charge in [-0.1, -0.05) is 18.2 Å². The summed E-state index contributed by atoms with van der Waals surface area (Å²) in [5.74, 6) is 0.816. The van der Waals surface area contributed by atoms with Gasteiger partial charge in [0.05, 0.1) is 0 Å². The van der Waals surface area contributed by atoms with Crippen molar-refractivity contribution in [1.82, 2.24) is 9.88 Å². The lowest BCUT2D eigenvalue weighted by Crippen LogP contribution is -2.32. The molecule has 4 nitrogen and oxygen atoms in total. The minimum atomic E-state index is -0.0779. The zero-order valence-electron chi connectivity index (χ0n) is 11.8. The molecular weight excluding hydrogens is 250 g/mol. The first-order valence-electron chi connectivity index (χ1n) is 6.99. The molecule has 0 unspecified atom stereocenters. The van der Waals surface area contributed by atoms with Crippen LogP contribution in [0.15, 0.2) is 43.5 Å². The maximum Gasteiger partial charge on any atom is 0.273 e. The highest BCUT2D eigenvalue weighted by Gasteiger charge is 2.18. The fourth-order valence-electron chi connectivity index (χ4n) is 2.38. The van der Waals surface area contributed by atoms with Crippen LogP contribution in [0.3, 0.4) is 0 Å². The first-order chi connectivity index (χ1) is 9.76. The number of aromatic nitrogens is 1. The van der Waals surface area contributed by atoms with Crippen molar-refractivity contribution in [2.75, 3.05) is 31.1 Å². The van der Waals surface area contributed by atoms with Gasteiger partial charge in [-0.2, -0.15) is 0 Å². The van der Waals surface area contributed by atoms with Crippen LogP contribution in [0.5, 0.6) is 0 Å². The van der Waals surface area contributed by atoms with E-state index in [0.29, 0.717) is 18.8 Å². The Kier molecular flexibility index (Phi) is 4.93. The normalized spacial score (nSPS) is 14.1. The van der Waals surface area contributed by atoms with E-state index in [9.17, 15) is 4.79 Å². The molecule has 0 aromatic carbocycles. The van der Waals surface area contributed by atoms with Crippen LogP contribution in [-0.4, -0.2) is 42.0 Å².